The van der Waals surface area contributed by atoms with Crippen LogP contribution in [0.25, 0.3) is 0 Å². The Bertz CT molecular complexity index is 1040. The second-order valence-electron chi connectivity index (χ2n) is 12.6. The molecular weight excluding hydrogens is 449 g/mol. The molecule has 5 heteroatoms. The van der Waals surface area contributed by atoms with Gasteiger partial charge < -0.3 is 5.11 Å². The Kier molecular flexibility index (Phi) is 5.76. The van der Waals surface area contributed by atoms with Gasteiger partial charge in [-0.15, -0.1) is 6.42 Å². The van der Waals surface area contributed by atoms with Crippen LogP contribution in [0.5, 0.6) is 0 Å². The highest BCUT2D eigenvalue weighted by Crippen LogP contribution is 2.69. The van der Waals surface area contributed by atoms with Crippen molar-refractivity contribution in [1.82, 2.24) is 0 Å². The van der Waals surface area contributed by atoms with Crippen LogP contribution in [-0.2, 0) is 11.0 Å². The summed E-state index contributed by atoms with van der Waals surface area (Å²) in [6, 6.07) is 5.23. The first-order valence-electron chi connectivity index (χ1n) is 13.2. The number of carbonyl (C=O) groups excluding carboxylic acids is 1. The summed E-state index contributed by atoms with van der Waals surface area (Å²) in [7, 11) is 0. The second kappa shape index (κ2) is 8.10. The van der Waals surface area contributed by atoms with E-state index < -0.39 is 23.3 Å². The molecule has 0 radical (unpaired) electrons. The van der Waals surface area contributed by atoms with E-state index in [1.165, 1.54) is 12.1 Å². The highest BCUT2D eigenvalue weighted by Gasteiger charge is 2.63. The fourth-order valence-electron chi connectivity index (χ4n) is 9.44. The van der Waals surface area contributed by atoms with Gasteiger partial charge in [0.2, 0.25) is 0 Å². The van der Waals surface area contributed by atoms with Crippen LogP contribution in [0.4, 0.5) is 13.2 Å². The standard InChI is InChI=1S/C30H37F3O2/c1-5-29(35)16-21-10-11-22-24-13-12-23(18(2)34)27(24,3)15-14-25(22)28(21,4)17-26(29)19-6-8-20(9-7-19)30(31,32)33/h1,6-9,21-26,35H,10-17H2,2-4H3/t21-,22+,23-,24+,25+,26?,27-,28+,29-/m1/s1. The number of aliphatic hydroxyl groups is 1. The predicted octanol–water partition coefficient (Wildman–Crippen LogP) is 7.01. The number of hydrogen-bond donors (Lipinski definition) is 1. The number of ketones is 1. The van der Waals surface area contributed by atoms with Crippen molar-refractivity contribution in [3.63, 3.8) is 0 Å². The van der Waals surface area contributed by atoms with Crippen LogP contribution < -0.4 is 0 Å². The van der Waals surface area contributed by atoms with E-state index in [-0.39, 0.29) is 16.7 Å². The summed E-state index contributed by atoms with van der Waals surface area (Å²) in [6.45, 7) is 6.44. The molecule has 1 aromatic carbocycles. The van der Waals surface area contributed by atoms with Crippen molar-refractivity contribution in [1.29, 1.82) is 0 Å². The zero-order valence-electron chi connectivity index (χ0n) is 21.0. The number of fused-ring (bicyclic) bond motifs is 5. The maximum atomic E-state index is 13.2. The van der Waals surface area contributed by atoms with Gasteiger partial charge in [0.25, 0.3) is 0 Å². The normalized spacial score (nSPS) is 45.1. The molecule has 35 heavy (non-hydrogen) atoms. The minimum absolute atomic E-state index is 0.0327. The van der Waals surface area contributed by atoms with Crippen molar-refractivity contribution in [2.24, 2.45) is 40.4 Å². The number of benzene rings is 1. The summed E-state index contributed by atoms with van der Waals surface area (Å²) in [5, 5.41) is 11.6. The van der Waals surface area contributed by atoms with E-state index in [4.69, 9.17) is 6.42 Å². The molecule has 0 bridgehead atoms. The molecule has 0 spiro atoms. The van der Waals surface area contributed by atoms with Gasteiger partial charge in [-0.25, -0.2) is 0 Å². The topological polar surface area (TPSA) is 37.3 Å². The van der Waals surface area contributed by atoms with Gasteiger partial charge in [0.05, 0.1) is 5.56 Å². The Balaban J connectivity index is 1.47. The largest absolute Gasteiger partial charge is 0.416 e. The quantitative estimate of drug-likeness (QED) is 0.457. The average molecular weight is 487 g/mol. The van der Waals surface area contributed by atoms with Gasteiger partial charge in [-0.05, 0) is 110 Å². The lowest BCUT2D eigenvalue weighted by Crippen LogP contribution is -2.58. The molecule has 4 saturated carbocycles. The van der Waals surface area contributed by atoms with E-state index in [9.17, 15) is 23.1 Å². The van der Waals surface area contributed by atoms with E-state index in [0.717, 1.165) is 50.7 Å². The maximum absolute atomic E-state index is 13.2. The maximum Gasteiger partial charge on any atom is 0.416 e. The van der Waals surface area contributed by atoms with E-state index in [2.05, 4.69) is 19.8 Å². The molecule has 0 saturated heterocycles. The summed E-state index contributed by atoms with van der Waals surface area (Å²) in [4.78, 5) is 12.4. The lowest BCUT2D eigenvalue weighted by molar-refractivity contribution is -0.150. The Morgan fingerprint density at radius 2 is 1.66 bits per heavy atom. The van der Waals surface area contributed by atoms with E-state index in [1.54, 1.807) is 6.92 Å². The van der Waals surface area contributed by atoms with Crippen LogP contribution in [0.15, 0.2) is 24.3 Å². The minimum Gasteiger partial charge on any atom is -0.377 e. The van der Waals surface area contributed by atoms with E-state index in [0.29, 0.717) is 47.9 Å². The molecule has 0 aliphatic heterocycles. The number of halogens is 3. The predicted molar refractivity (Wildman–Crippen MR) is 129 cm³/mol. The number of Topliss-reactive ketones (excluding diaryl/α,β-unsaturated/α-hetero) is 1. The molecule has 1 unspecified atom stereocenters. The first-order valence-corrected chi connectivity index (χ1v) is 13.2. The summed E-state index contributed by atoms with van der Waals surface area (Å²) in [5.41, 5.74) is -1.30. The van der Waals surface area contributed by atoms with E-state index >= 15 is 0 Å². The van der Waals surface area contributed by atoms with Crippen LogP contribution >= 0.6 is 0 Å². The molecule has 1 aromatic rings. The number of carbonyl (C=O) groups is 1. The Hall–Kier alpha value is -1.80. The summed E-state index contributed by atoms with van der Waals surface area (Å²) >= 11 is 0. The summed E-state index contributed by atoms with van der Waals surface area (Å²) < 4.78 is 39.5. The molecule has 1 N–H and O–H groups in total. The third-order valence-corrected chi connectivity index (χ3v) is 11.2. The van der Waals surface area contributed by atoms with Crippen molar-refractivity contribution in [3.05, 3.63) is 35.4 Å². The molecular formula is C30H37F3O2. The number of hydrogen-bond acceptors (Lipinski definition) is 2. The van der Waals surface area contributed by atoms with Gasteiger partial charge in [0, 0.05) is 11.8 Å². The van der Waals surface area contributed by atoms with Crippen LogP contribution in [0.2, 0.25) is 0 Å². The van der Waals surface area contributed by atoms with Crippen molar-refractivity contribution >= 4 is 5.78 Å². The number of rotatable bonds is 2. The summed E-state index contributed by atoms with van der Waals surface area (Å²) in [6.07, 6.45) is 9.01. The highest BCUT2D eigenvalue weighted by atomic mass is 19.4. The SMILES string of the molecule is C#C[C@@]1(O)C[C@H]2CC[C@@H]3[C@H](CC[C@]4(C)[C@@H](C(C)=O)CC[C@@H]34)[C@@]2(C)CC1c1ccc(C(F)(F)F)cc1. The number of alkyl halides is 3. The molecule has 2 nitrogen and oxygen atoms in total. The highest BCUT2D eigenvalue weighted by molar-refractivity contribution is 5.79. The van der Waals surface area contributed by atoms with Crippen LogP contribution in [0.1, 0.15) is 89.2 Å². The third-order valence-electron chi connectivity index (χ3n) is 11.2. The molecule has 0 heterocycles. The fraction of sp³-hybridized carbons (Fsp3) is 0.700. The smallest absolute Gasteiger partial charge is 0.377 e. The zero-order valence-corrected chi connectivity index (χ0v) is 21.0. The van der Waals surface area contributed by atoms with Gasteiger partial charge >= 0.3 is 6.18 Å². The Morgan fingerprint density at radius 3 is 2.26 bits per heavy atom. The summed E-state index contributed by atoms with van der Waals surface area (Å²) in [5.74, 6) is 4.64. The lowest BCUT2D eigenvalue weighted by atomic mass is 9.42. The molecule has 0 aromatic heterocycles. The third kappa shape index (κ3) is 3.69. The molecule has 4 aliphatic carbocycles. The van der Waals surface area contributed by atoms with Crippen LogP contribution in [0.3, 0.4) is 0 Å². The molecule has 190 valence electrons. The monoisotopic (exact) mass is 486 g/mol. The average Bonchev–Trinajstić information content (AvgIpc) is 3.16. The van der Waals surface area contributed by atoms with Gasteiger partial charge in [0.15, 0.2) is 0 Å². The second-order valence-corrected chi connectivity index (χ2v) is 12.6. The van der Waals surface area contributed by atoms with Gasteiger partial charge in [-0.1, -0.05) is 31.9 Å². The molecule has 4 fully saturated rings. The Morgan fingerprint density at radius 1 is 1.00 bits per heavy atom. The number of terminal acetylenes is 1. The molecule has 5 rings (SSSR count). The van der Waals surface area contributed by atoms with E-state index in [1.807, 2.05) is 0 Å². The fourth-order valence-corrected chi connectivity index (χ4v) is 9.44. The minimum atomic E-state index is -4.39. The van der Waals surface area contributed by atoms with Crippen molar-refractivity contribution in [2.45, 2.75) is 89.8 Å². The van der Waals surface area contributed by atoms with Crippen LogP contribution in [-0.4, -0.2) is 16.5 Å². The zero-order chi connectivity index (χ0) is 25.4. The molecule has 0 amide bonds. The van der Waals surface area contributed by atoms with Gasteiger partial charge in [0.1, 0.15) is 11.4 Å². The van der Waals surface area contributed by atoms with Gasteiger partial charge in [-0.3, -0.25) is 4.79 Å². The molecule has 9 atom stereocenters. The van der Waals surface area contributed by atoms with Crippen molar-refractivity contribution < 1.29 is 23.1 Å². The lowest BCUT2D eigenvalue weighted by Gasteiger charge is -2.63. The Labute approximate surface area is 207 Å². The first kappa shape index (κ1) is 24.9. The van der Waals surface area contributed by atoms with Gasteiger partial charge in [-0.2, -0.15) is 13.2 Å². The molecule has 4 aliphatic rings. The van der Waals surface area contributed by atoms with Crippen molar-refractivity contribution in [2.75, 3.05) is 0 Å². The van der Waals surface area contributed by atoms with Crippen molar-refractivity contribution in [3.8, 4) is 12.3 Å². The first-order chi connectivity index (χ1) is 16.3. The van der Waals surface area contributed by atoms with Crippen LogP contribution in [0, 0.1) is 52.8 Å².